The lowest BCUT2D eigenvalue weighted by Crippen LogP contribution is -1.68. The van der Waals surface area contributed by atoms with Gasteiger partial charge in [-0.3, -0.25) is 0 Å². The topological polar surface area (TPSA) is 0 Å². The molecule has 0 saturated carbocycles. The molecule has 0 aromatic rings. The molecule has 0 aliphatic heterocycles. The molecule has 0 aromatic carbocycles. The predicted octanol–water partition coefficient (Wildman–Crippen LogP) is 2.43. The van der Waals surface area contributed by atoms with Crippen LogP contribution in [-0.4, -0.2) is 4.43 Å². The molecule has 0 aliphatic carbocycles. The zero-order chi connectivity index (χ0) is 6.24. The molecule has 0 aromatic heterocycles. The lowest BCUT2D eigenvalue weighted by molar-refractivity contribution is 0.929. The van der Waals surface area contributed by atoms with E-state index < -0.39 is 0 Å². The van der Waals surface area contributed by atoms with E-state index in [1.54, 1.807) is 0 Å². The van der Waals surface area contributed by atoms with Crippen molar-refractivity contribution in [3.8, 4) is 11.8 Å². The maximum Gasteiger partial charge on any atom is 0.0609 e. The first-order chi connectivity index (χ1) is 3.91. The predicted molar refractivity (Wildman–Crippen MR) is 45.9 cm³/mol. The minimum atomic E-state index is 0.942. The molecule has 1 radical (unpaired) electrons. The van der Waals surface area contributed by atoms with Crippen LogP contribution in [0, 0.1) is 18.3 Å². The monoisotopic (exact) mass is 221 g/mol. The molecule has 0 unspecified atom stereocenters. The fraction of sp³-hybridized carbons (Fsp3) is 0.571. The Morgan fingerprint density at radius 1 is 1.62 bits per heavy atom. The Kier molecular flexibility index (Phi) is 7.55. The summed E-state index contributed by atoms with van der Waals surface area (Å²) in [6.07, 6.45) is 4.36. The van der Waals surface area contributed by atoms with E-state index in [1.807, 2.05) is 6.42 Å². The number of unbranched alkanes of at least 4 members (excludes halogenated alkanes) is 2. The smallest absolute Gasteiger partial charge is 0.0609 e. The van der Waals surface area contributed by atoms with Gasteiger partial charge in [-0.1, -0.05) is 47.8 Å². The Balaban J connectivity index is 2.90. The van der Waals surface area contributed by atoms with Gasteiger partial charge in [-0.2, -0.15) is 0 Å². The number of hydrogen-bond donors (Lipinski definition) is 0. The van der Waals surface area contributed by atoms with Crippen molar-refractivity contribution in [1.82, 2.24) is 0 Å². The average molecular weight is 221 g/mol. The van der Waals surface area contributed by atoms with Gasteiger partial charge in [0.2, 0.25) is 0 Å². The summed E-state index contributed by atoms with van der Waals surface area (Å²) < 4.78 is 0.942. The van der Waals surface area contributed by atoms with Crippen LogP contribution in [-0.2, 0) is 0 Å². The Bertz CT molecular complexity index is 86.3. The Labute approximate surface area is 65.2 Å². The van der Waals surface area contributed by atoms with Crippen LogP contribution in [0.15, 0.2) is 0 Å². The largest absolute Gasteiger partial charge is 0.0978 e. The van der Waals surface area contributed by atoms with Crippen LogP contribution >= 0.6 is 22.6 Å². The summed E-state index contributed by atoms with van der Waals surface area (Å²) in [5, 5.41) is 0. The summed E-state index contributed by atoms with van der Waals surface area (Å²) in [6, 6.07) is 0. The lowest BCUT2D eigenvalue weighted by Gasteiger charge is -1.80. The molecular formula is C7H10I. The summed E-state index contributed by atoms with van der Waals surface area (Å²) >= 11 is 2.25. The van der Waals surface area contributed by atoms with E-state index in [9.17, 15) is 0 Å². The Morgan fingerprint density at radius 3 is 2.88 bits per heavy atom. The summed E-state index contributed by atoms with van der Waals surface area (Å²) in [6.45, 7) is 2.15. The van der Waals surface area contributed by atoms with Crippen LogP contribution in [0.1, 0.15) is 19.8 Å². The van der Waals surface area contributed by atoms with Crippen LogP contribution in [0.5, 0.6) is 0 Å². The van der Waals surface area contributed by atoms with Crippen LogP contribution in [0.25, 0.3) is 0 Å². The molecule has 45 valence electrons. The maximum atomic E-state index is 2.96. The van der Waals surface area contributed by atoms with E-state index in [-0.39, 0.29) is 0 Å². The normalized spacial score (nSPS) is 7.75. The Hall–Kier alpha value is 0.290. The third kappa shape index (κ3) is 6.29. The van der Waals surface area contributed by atoms with Crippen molar-refractivity contribution in [2.75, 3.05) is 4.43 Å². The van der Waals surface area contributed by atoms with E-state index in [4.69, 9.17) is 0 Å². The first-order valence-electron chi connectivity index (χ1n) is 2.77. The number of halogens is 1. The molecule has 0 nitrogen and oxygen atoms in total. The highest BCUT2D eigenvalue weighted by Crippen LogP contribution is 1.88. The summed E-state index contributed by atoms with van der Waals surface area (Å²) in [5.74, 6) is 5.92. The number of rotatable bonds is 2. The minimum absolute atomic E-state index is 0.942. The number of alkyl halides is 1. The highest BCUT2D eigenvalue weighted by atomic mass is 127. The van der Waals surface area contributed by atoms with Gasteiger partial charge in [0.15, 0.2) is 0 Å². The molecule has 0 spiro atoms. The van der Waals surface area contributed by atoms with Crippen LogP contribution in [0.4, 0.5) is 0 Å². The van der Waals surface area contributed by atoms with Crippen LogP contribution in [0.3, 0.4) is 0 Å². The van der Waals surface area contributed by atoms with Crippen LogP contribution < -0.4 is 0 Å². The van der Waals surface area contributed by atoms with Gasteiger partial charge < -0.3 is 0 Å². The second-order valence-electron chi connectivity index (χ2n) is 1.45. The van der Waals surface area contributed by atoms with E-state index in [0.29, 0.717) is 0 Å². The van der Waals surface area contributed by atoms with Gasteiger partial charge in [0.25, 0.3) is 0 Å². The number of hydrogen-bond acceptors (Lipinski definition) is 0. The highest BCUT2D eigenvalue weighted by molar-refractivity contribution is 14.1. The Morgan fingerprint density at radius 2 is 2.38 bits per heavy atom. The SMILES string of the molecule is CCC[CH]C#CCI. The van der Waals surface area contributed by atoms with E-state index in [2.05, 4.69) is 41.4 Å². The van der Waals surface area contributed by atoms with Crippen molar-refractivity contribution in [1.29, 1.82) is 0 Å². The van der Waals surface area contributed by atoms with Gasteiger partial charge in [0.1, 0.15) is 0 Å². The van der Waals surface area contributed by atoms with Gasteiger partial charge in [0.05, 0.1) is 4.43 Å². The van der Waals surface area contributed by atoms with E-state index in [1.165, 1.54) is 6.42 Å². The zero-order valence-corrected chi connectivity index (χ0v) is 7.23. The molecule has 1 heteroatoms. The fourth-order valence-corrected chi connectivity index (χ4v) is 0.547. The van der Waals surface area contributed by atoms with Crippen LogP contribution in [0.2, 0.25) is 0 Å². The minimum Gasteiger partial charge on any atom is -0.0978 e. The standard InChI is InChI=1S/C7H10I/c1-2-3-4-5-6-7-8/h4H,2-3,7H2,1H3. The van der Waals surface area contributed by atoms with Gasteiger partial charge in [-0.15, -0.1) is 0 Å². The summed E-state index contributed by atoms with van der Waals surface area (Å²) in [7, 11) is 0. The quantitative estimate of drug-likeness (QED) is 0.291. The van der Waals surface area contributed by atoms with E-state index >= 15 is 0 Å². The zero-order valence-electron chi connectivity index (χ0n) is 5.08. The second kappa shape index (κ2) is 7.29. The molecule has 0 N–H and O–H groups in total. The fourth-order valence-electron chi connectivity index (χ4n) is 0.327. The summed E-state index contributed by atoms with van der Waals surface area (Å²) in [5.41, 5.74) is 0. The maximum absolute atomic E-state index is 2.96. The molecule has 0 amide bonds. The summed E-state index contributed by atoms with van der Waals surface area (Å²) in [4.78, 5) is 0. The molecule has 0 fully saturated rings. The van der Waals surface area contributed by atoms with Crippen molar-refractivity contribution in [3.05, 3.63) is 6.42 Å². The molecule has 0 heterocycles. The molecule has 0 saturated heterocycles. The van der Waals surface area contributed by atoms with E-state index in [0.717, 1.165) is 10.8 Å². The van der Waals surface area contributed by atoms with Crippen molar-refractivity contribution in [3.63, 3.8) is 0 Å². The third-order valence-corrected chi connectivity index (χ3v) is 1.09. The lowest BCUT2D eigenvalue weighted by atomic mass is 10.3. The average Bonchev–Trinajstić information content (AvgIpc) is 1.81. The first-order valence-corrected chi connectivity index (χ1v) is 4.30. The van der Waals surface area contributed by atoms with Gasteiger partial charge in [-0.25, -0.2) is 0 Å². The highest BCUT2D eigenvalue weighted by Gasteiger charge is 1.74. The molecular weight excluding hydrogens is 211 g/mol. The molecule has 0 rings (SSSR count). The van der Waals surface area contributed by atoms with Crippen molar-refractivity contribution < 1.29 is 0 Å². The van der Waals surface area contributed by atoms with Gasteiger partial charge in [-0.05, 0) is 6.42 Å². The van der Waals surface area contributed by atoms with Gasteiger partial charge in [0, 0.05) is 6.42 Å². The van der Waals surface area contributed by atoms with Gasteiger partial charge >= 0.3 is 0 Å². The molecule has 0 aliphatic rings. The van der Waals surface area contributed by atoms with Crippen molar-refractivity contribution in [2.24, 2.45) is 0 Å². The third-order valence-electron chi connectivity index (χ3n) is 0.704. The van der Waals surface area contributed by atoms with Crippen molar-refractivity contribution in [2.45, 2.75) is 19.8 Å². The second-order valence-corrected chi connectivity index (χ2v) is 2.21. The first kappa shape index (κ1) is 8.29. The molecule has 0 bridgehead atoms. The molecule has 8 heavy (non-hydrogen) atoms. The van der Waals surface area contributed by atoms with Crippen molar-refractivity contribution >= 4 is 22.6 Å². The molecule has 0 atom stereocenters.